The van der Waals surface area contributed by atoms with Gasteiger partial charge in [-0.1, -0.05) is 0 Å². The van der Waals surface area contributed by atoms with Gasteiger partial charge in [0.1, 0.15) is 5.82 Å². The molecule has 0 bridgehead atoms. The van der Waals surface area contributed by atoms with Crippen LogP contribution in [0.1, 0.15) is 36.0 Å². The molecule has 4 N–H and O–H groups in total. The predicted octanol–water partition coefficient (Wildman–Crippen LogP) is 0.0745. The van der Waals surface area contributed by atoms with Crippen LogP contribution in [-0.2, 0) is 19.5 Å². The van der Waals surface area contributed by atoms with Gasteiger partial charge in [-0.3, -0.25) is 0 Å². The first-order valence-corrected chi connectivity index (χ1v) is 6.58. The number of imidazole rings is 1. The van der Waals surface area contributed by atoms with Gasteiger partial charge >= 0.3 is 6.03 Å². The second kappa shape index (κ2) is 4.61. The number of aromatic nitrogens is 2. The largest absolute Gasteiger partial charge is 0.352 e. The minimum atomic E-state index is -0.460. The molecule has 1 aliphatic carbocycles. The molecule has 1 aromatic rings. The topological polar surface area (TPSA) is 85.0 Å². The smallest absolute Gasteiger partial charge is 0.312 e. The molecule has 0 saturated heterocycles. The zero-order chi connectivity index (χ0) is 12.5. The van der Waals surface area contributed by atoms with Gasteiger partial charge in [0.05, 0.1) is 5.69 Å². The summed E-state index contributed by atoms with van der Waals surface area (Å²) in [5.41, 5.74) is 7.61. The van der Waals surface area contributed by atoms with Crippen LogP contribution in [-0.4, -0.2) is 28.7 Å². The second-order valence-corrected chi connectivity index (χ2v) is 5.01. The van der Waals surface area contributed by atoms with Crippen molar-refractivity contribution in [1.29, 1.82) is 0 Å². The number of primary amides is 1. The number of carbonyl (C=O) groups excluding carboxylic acids is 1. The Morgan fingerprint density at radius 2 is 2.39 bits per heavy atom. The van der Waals surface area contributed by atoms with Crippen molar-refractivity contribution in [1.82, 2.24) is 20.2 Å². The molecule has 0 spiro atoms. The van der Waals surface area contributed by atoms with Gasteiger partial charge in [0, 0.05) is 44.2 Å². The fourth-order valence-corrected chi connectivity index (χ4v) is 2.59. The van der Waals surface area contributed by atoms with E-state index in [1.54, 1.807) is 0 Å². The van der Waals surface area contributed by atoms with Crippen LogP contribution in [0.5, 0.6) is 0 Å². The SMILES string of the molecule is NC(=O)NCCn1c(C2CC2)nc2c1CCNC2. The molecule has 6 nitrogen and oxygen atoms in total. The number of nitrogens with two attached hydrogens (primary N) is 1. The van der Waals surface area contributed by atoms with Crippen LogP contribution >= 0.6 is 0 Å². The molecular weight excluding hydrogens is 230 g/mol. The van der Waals surface area contributed by atoms with E-state index in [9.17, 15) is 4.79 Å². The first kappa shape index (κ1) is 11.5. The lowest BCUT2D eigenvalue weighted by Crippen LogP contribution is -2.33. The molecule has 98 valence electrons. The zero-order valence-corrected chi connectivity index (χ0v) is 10.4. The van der Waals surface area contributed by atoms with E-state index >= 15 is 0 Å². The molecule has 2 heterocycles. The lowest BCUT2D eigenvalue weighted by Gasteiger charge is -2.16. The maximum atomic E-state index is 10.7. The Morgan fingerprint density at radius 3 is 3.11 bits per heavy atom. The monoisotopic (exact) mass is 249 g/mol. The van der Waals surface area contributed by atoms with Gasteiger partial charge in [0.25, 0.3) is 0 Å². The zero-order valence-electron chi connectivity index (χ0n) is 10.4. The van der Waals surface area contributed by atoms with Crippen molar-refractivity contribution in [3.05, 3.63) is 17.2 Å². The molecule has 3 rings (SSSR count). The van der Waals surface area contributed by atoms with Crippen molar-refractivity contribution in [2.24, 2.45) is 5.73 Å². The Kier molecular flexibility index (Phi) is 2.95. The number of carbonyl (C=O) groups is 1. The van der Waals surface area contributed by atoms with E-state index in [0.29, 0.717) is 12.5 Å². The summed E-state index contributed by atoms with van der Waals surface area (Å²) in [5, 5.41) is 6.00. The maximum absolute atomic E-state index is 10.7. The highest BCUT2D eigenvalue weighted by Crippen LogP contribution is 2.40. The third-order valence-corrected chi connectivity index (χ3v) is 3.59. The van der Waals surface area contributed by atoms with E-state index in [1.807, 2.05) is 0 Å². The lowest BCUT2D eigenvalue weighted by molar-refractivity contribution is 0.248. The molecule has 0 atom stereocenters. The number of urea groups is 1. The van der Waals surface area contributed by atoms with Crippen LogP contribution in [0.3, 0.4) is 0 Å². The van der Waals surface area contributed by atoms with E-state index in [-0.39, 0.29) is 0 Å². The van der Waals surface area contributed by atoms with Crippen LogP contribution in [0.2, 0.25) is 0 Å². The van der Waals surface area contributed by atoms with E-state index in [1.165, 1.54) is 30.1 Å². The van der Waals surface area contributed by atoms with Crippen LogP contribution in [0.15, 0.2) is 0 Å². The summed E-state index contributed by atoms with van der Waals surface area (Å²) >= 11 is 0. The normalized spacial score (nSPS) is 18.4. The van der Waals surface area contributed by atoms with Gasteiger partial charge in [0.15, 0.2) is 0 Å². The highest BCUT2D eigenvalue weighted by Gasteiger charge is 2.31. The van der Waals surface area contributed by atoms with Gasteiger partial charge in [0.2, 0.25) is 0 Å². The quantitative estimate of drug-likeness (QED) is 0.706. The first-order chi connectivity index (χ1) is 8.75. The molecule has 1 saturated carbocycles. The second-order valence-electron chi connectivity index (χ2n) is 5.01. The molecule has 6 heteroatoms. The van der Waals surface area contributed by atoms with Gasteiger partial charge in [-0.15, -0.1) is 0 Å². The van der Waals surface area contributed by atoms with Gasteiger partial charge < -0.3 is 20.9 Å². The Bertz CT molecular complexity index is 463. The number of hydrogen-bond acceptors (Lipinski definition) is 3. The Morgan fingerprint density at radius 1 is 1.56 bits per heavy atom. The van der Waals surface area contributed by atoms with Crippen LogP contribution in [0.4, 0.5) is 4.79 Å². The molecule has 18 heavy (non-hydrogen) atoms. The first-order valence-electron chi connectivity index (χ1n) is 6.58. The van der Waals surface area contributed by atoms with Gasteiger partial charge in [-0.2, -0.15) is 0 Å². The van der Waals surface area contributed by atoms with E-state index < -0.39 is 6.03 Å². The predicted molar refractivity (Wildman–Crippen MR) is 67.2 cm³/mol. The van der Waals surface area contributed by atoms with Crippen LogP contribution in [0, 0.1) is 0 Å². The number of fused-ring (bicyclic) bond motifs is 1. The third kappa shape index (κ3) is 2.20. The van der Waals surface area contributed by atoms with E-state index in [2.05, 4.69) is 15.2 Å². The third-order valence-electron chi connectivity index (χ3n) is 3.59. The summed E-state index contributed by atoms with van der Waals surface area (Å²) in [6.45, 7) is 3.22. The maximum Gasteiger partial charge on any atom is 0.312 e. The molecule has 1 aromatic heterocycles. The number of hydrogen-bond donors (Lipinski definition) is 3. The minimum absolute atomic E-state index is 0.460. The molecule has 0 unspecified atom stereocenters. The summed E-state index contributed by atoms with van der Waals surface area (Å²) in [4.78, 5) is 15.5. The highest BCUT2D eigenvalue weighted by molar-refractivity contribution is 5.71. The fourth-order valence-electron chi connectivity index (χ4n) is 2.59. The number of amides is 2. The molecule has 1 fully saturated rings. The van der Waals surface area contributed by atoms with Crippen molar-refractivity contribution in [3.8, 4) is 0 Å². The summed E-state index contributed by atoms with van der Waals surface area (Å²) in [6.07, 6.45) is 3.50. The Hall–Kier alpha value is -1.56. The summed E-state index contributed by atoms with van der Waals surface area (Å²) in [7, 11) is 0. The van der Waals surface area contributed by atoms with Crippen molar-refractivity contribution in [3.63, 3.8) is 0 Å². The van der Waals surface area contributed by atoms with Gasteiger partial charge in [-0.05, 0) is 12.8 Å². The molecule has 0 aromatic carbocycles. The van der Waals surface area contributed by atoms with Crippen molar-refractivity contribution in [2.45, 2.75) is 38.3 Å². The van der Waals surface area contributed by atoms with Crippen molar-refractivity contribution >= 4 is 6.03 Å². The summed E-state index contributed by atoms with van der Waals surface area (Å²) < 4.78 is 2.30. The number of nitrogens with zero attached hydrogens (tertiary/aromatic N) is 2. The lowest BCUT2D eigenvalue weighted by atomic mass is 10.2. The molecule has 2 amide bonds. The fraction of sp³-hybridized carbons (Fsp3) is 0.667. The van der Waals surface area contributed by atoms with E-state index in [4.69, 9.17) is 10.7 Å². The average molecular weight is 249 g/mol. The Labute approximate surface area is 106 Å². The standard InChI is InChI=1S/C12H19N5O/c13-12(18)15-5-6-17-10-3-4-14-7-9(10)16-11(17)8-1-2-8/h8,14H,1-7H2,(H3,13,15,18). The number of rotatable bonds is 4. The van der Waals surface area contributed by atoms with Gasteiger partial charge in [-0.25, -0.2) is 9.78 Å². The minimum Gasteiger partial charge on any atom is -0.352 e. The van der Waals surface area contributed by atoms with Crippen LogP contribution < -0.4 is 16.4 Å². The number of nitrogens with one attached hydrogen (secondary N) is 2. The summed E-state index contributed by atoms with van der Waals surface area (Å²) in [5.74, 6) is 1.83. The van der Waals surface area contributed by atoms with Crippen molar-refractivity contribution < 1.29 is 4.79 Å². The average Bonchev–Trinajstić information content (AvgIpc) is 3.13. The van der Waals surface area contributed by atoms with E-state index in [0.717, 1.165) is 26.1 Å². The van der Waals surface area contributed by atoms with Crippen LogP contribution in [0.25, 0.3) is 0 Å². The Balaban J connectivity index is 1.80. The summed E-state index contributed by atoms with van der Waals surface area (Å²) in [6, 6.07) is -0.460. The van der Waals surface area contributed by atoms with Crippen molar-refractivity contribution in [2.75, 3.05) is 13.1 Å². The molecular formula is C12H19N5O. The molecule has 1 aliphatic heterocycles. The molecule has 0 radical (unpaired) electrons. The molecule has 2 aliphatic rings. The highest BCUT2D eigenvalue weighted by atomic mass is 16.2.